The summed E-state index contributed by atoms with van der Waals surface area (Å²) in [5.41, 5.74) is 0.0123. The Morgan fingerprint density at radius 1 is 1.29 bits per heavy atom. The van der Waals surface area contributed by atoms with Crippen molar-refractivity contribution < 1.29 is 27.6 Å². The highest BCUT2D eigenvalue weighted by Crippen LogP contribution is 2.36. The third-order valence-electron chi connectivity index (χ3n) is 4.58. The lowest BCUT2D eigenvalue weighted by atomic mass is 9.80. The Kier molecular flexibility index (Phi) is 4.63. The molecule has 10 heteroatoms. The normalized spacial score (nSPS) is 19.9. The lowest BCUT2D eigenvalue weighted by molar-refractivity contribution is 0.0892. The molecule has 0 spiro atoms. The Balaban J connectivity index is 1.36. The van der Waals surface area contributed by atoms with Crippen molar-refractivity contribution in [2.75, 3.05) is 0 Å². The van der Waals surface area contributed by atoms with E-state index in [-0.39, 0.29) is 34.9 Å². The number of rotatable bonds is 5. The highest BCUT2D eigenvalue weighted by Gasteiger charge is 2.36. The first-order valence-electron chi connectivity index (χ1n) is 8.65. The molecule has 1 atom stereocenters. The van der Waals surface area contributed by atoms with Crippen molar-refractivity contribution in [2.24, 2.45) is 0 Å². The highest BCUT2D eigenvalue weighted by molar-refractivity contribution is 5.93. The summed E-state index contributed by atoms with van der Waals surface area (Å²) in [6.45, 7) is 1.53. The maximum atomic E-state index is 13.8. The van der Waals surface area contributed by atoms with Gasteiger partial charge in [-0.2, -0.15) is 0 Å². The van der Waals surface area contributed by atoms with Crippen molar-refractivity contribution in [3.05, 3.63) is 53.4 Å². The van der Waals surface area contributed by atoms with Crippen LogP contribution in [-0.4, -0.2) is 32.4 Å². The third kappa shape index (κ3) is 3.50. The van der Waals surface area contributed by atoms with Gasteiger partial charge in [-0.1, -0.05) is 5.16 Å². The largest absolute Gasteiger partial charge is 0.422 e. The van der Waals surface area contributed by atoms with E-state index in [1.54, 1.807) is 0 Å². The second kappa shape index (κ2) is 7.12. The van der Waals surface area contributed by atoms with Crippen LogP contribution in [0.25, 0.3) is 11.3 Å². The Labute approximate surface area is 157 Å². The maximum absolute atomic E-state index is 13.8. The van der Waals surface area contributed by atoms with E-state index in [2.05, 4.69) is 20.7 Å². The molecule has 0 unspecified atom stereocenters. The molecule has 1 amide bonds. The number of nitrogens with zero attached hydrogens (tertiary/aromatic N) is 3. The lowest BCUT2D eigenvalue weighted by Gasteiger charge is -2.33. The van der Waals surface area contributed by atoms with Crippen molar-refractivity contribution in [1.82, 2.24) is 20.7 Å². The summed E-state index contributed by atoms with van der Waals surface area (Å²) in [4.78, 5) is 12.3. The molecular formula is C18H16F2N4O4. The van der Waals surface area contributed by atoms with Gasteiger partial charge in [0.15, 0.2) is 11.5 Å². The third-order valence-corrected chi connectivity index (χ3v) is 4.58. The number of hydrogen-bond donors (Lipinski definition) is 2. The van der Waals surface area contributed by atoms with Crippen LogP contribution >= 0.6 is 0 Å². The lowest BCUT2D eigenvalue weighted by Crippen LogP contribution is -2.43. The smallest absolute Gasteiger partial charge is 0.273 e. The molecule has 146 valence electrons. The van der Waals surface area contributed by atoms with Crippen molar-refractivity contribution >= 4 is 5.91 Å². The zero-order valence-corrected chi connectivity index (χ0v) is 14.7. The molecule has 1 aliphatic rings. The first kappa shape index (κ1) is 18.2. The Morgan fingerprint density at radius 2 is 2.07 bits per heavy atom. The van der Waals surface area contributed by atoms with Crippen LogP contribution in [-0.2, 0) is 0 Å². The van der Waals surface area contributed by atoms with E-state index < -0.39 is 23.6 Å². The molecule has 1 aromatic carbocycles. The number of amides is 1. The Hall–Kier alpha value is -3.14. The number of aliphatic hydroxyl groups is 1. The second-order valence-corrected chi connectivity index (χ2v) is 6.69. The van der Waals surface area contributed by atoms with Gasteiger partial charge >= 0.3 is 0 Å². The molecule has 28 heavy (non-hydrogen) atoms. The molecule has 1 saturated carbocycles. The number of aromatic nitrogens is 3. The molecule has 2 heterocycles. The number of hydrogen-bond acceptors (Lipinski definition) is 7. The summed E-state index contributed by atoms with van der Waals surface area (Å²) in [5.74, 6) is -1.35. The van der Waals surface area contributed by atoms with E-state index in [1.165, 1.54) is 19.1 Å². The van der Waals surface area contributed by atoms with Gasteiger partial charge in [-0.05, 0) is 31.9 Å². The first-order valence-corrected chi connectivity index (χ1v) is 8.65. The summed E-state index contributed by atoms with van der Waals surface area (Å²) >= 11 is 0. The summed E-state index contributed by atoms with van der Waals surface area (Å²) < 4.78 is 37.2. The van der Waals surface area contributed by atoms with Crippen LogP contribution in [0.4, 0.5) is 8.78 Å². The summed E-state index contributed by atoms with van der Waals surface area (Å²) in [6, 6.07) is 4.23. The summed E-state index contributed by atoms with van der Waals surface area (Å²) in [7, 11) is 0. The second-order valence-electron chi connectivity index (χ2n) is 6.69. The molecule has 3 aromatic rings. The van der Waals surface area contributed by atoms with Crippen LogP contribution in [0, 0.1) is 11.6 Å². The van der Waals surface area contributed by atoms with Gasteiger partial charge < -0.3 is 19.4 Å². The molecule has 8 nitrogen and oxygen atoms in total. The quantitative estimate of drug-likeness (QED) is 0.688. The Bertz CT molecular complexity index is 1010. The van der Waals surface area contributed by atoms with Crippen molar-refractivity contribution in [3.63, 3.8) is 0 Å². The minimum atomic E-state index is -0.830. The molecule has 1 fully saturated rings. The van der Waals surface area contributed by atoms with Crippen molar-refractivity contribution in [3.8, 4) is 11.3 Å². The molecule has 4 rings (SSSR count). The van der Waals surface area contributed by atoms with Crippen LogP contribution in [0.1, 0.15) is 54.1 Å². The monoisotopic (exact) mass is 390 g/mol. The van der Waals surface area contributed by atoms with E-state index in [0.29, 0.717) is 18.7 Å². The predicted molar refractivity (Wildman–Crippen MR) is 90.0 cm³/mol. The average Bonchev–Trinajstić information content (AvgIpc) is 3.27. The van der Waals surface area contributed by atoms with Crippen LogP contribution in [0.3, 0.4) is 0 Å². The number of nitrogens with one attached hydrogen (secondary N) is 1. The minimum absolute atomic E-state index is 0.00337. The SMILES string of the molecule is C[C@@H](O)c1nnc([C@H]2C[C@H](NC(=O)c3cc(-c4ccc(F)cc4F)on3)C2)o1. The average molecular weight is 390 g/mol. The van der Waals surface area contributed by atoms with E-state index in [1.807, 2.05) is 0 Å². The maximum Gasteiger partial charge on any atom is 0.273 e. The van der Waals surface area contributed by atoms with E-state index in [4.69, 9.17) is 8.94 Å². The molecule has 2 N–H and O–H groups in total. The van der Waals surface area contributed by atoms with Gasteiger partial charge in [0.25, 0.3) is 5.91 Å². The van der Waals surface area contributed by atoms with Crippen LogP contribution < -0.4 is 5.32 Å². The van der Waals surface area contributed by atoms with Crippen LogP contribution in [0.2, 0.25) is 0 Å². The zero-order valence-electron chi connectivity index (χ0n) is 14.7. The van der Waals surface area contributed by atoms with Crippen LogP contribution in [0.15, 0.2) is 33.2 Å². The first-order chi connectivity index (χ1) is 13.4. The van der Waals surface area contributed by atoms with Gasteiger partial charge in [0, 0.05) is 24.1 Å². The molecule has 0 radical (unpaired) electrons. The fourth-order valence-corrected chi connectivity index (χ4v) is 2.98. The topological polar surface area (TPSA) is 114 Å². The number of carbonyl (C=O) groups excluding carboxylic acids is 1. The van der Waals surface area contributed by atoms with Crippen molar-refractivity contribution in [1.29, 1.82) is 0 Å². The van der Waals surface area contributed by atoms with E-state index in [9.17, 15) is 18.7 Å². The van der Waals surface area contributed by atoms with Crippen LogP contribution in [0.5, 0.6) is 0 Å². The highest BCUT2D eigenvalue weighted by atomic mass is 19.1. The molecule has 0 bridgehead atoms. The van der Waals surface area contributed by atoms with Gasteiger partial charge in [0.05, 0.1) is 5.56 Å². The number of benzene rings is 1. The van der Waals surface area contributed by atoms with Gasteiger partial charge in [-0.25, -0.2) is 8.78 Å². The van der Waals surface area contributed by atoms with E-state index >= 15 is 0 Å². The van der Waals surface area contributed by atoms with Gasteiger partial charge in [-0.3, -0.25) is 4.79 Å². The zero-order chi connectivity index (χ0) is 19.8. The molecule has 2 aromatic heterocycles. The number of halogens is 2. The van der Waals surface area contributed by atoms with Gasteiger partial charge in [0.2, 0.25) is 11.8 Å². The standard InChI is InChI=1S/C18H16F2N4O4/c1-8(25)17-22-23-18(27-17)9-4-11(5-9)21-16(26)14-7-15(28-24-14)12-3-2-10(19)6-13(12)20/h2-3,6-9,11,25H,4-5H2,1H3,(H,21,26)/t8-,9-,11-/m1/s1. The fraction of sp³-hybridized carbons (Fsp3) is 0.333. The molecule has 0 aliphatic heterocycles. The van der Waals surface area contributed by atoms with Gasteiger partial charge in [-0.15, -0.1) is 10.2 Å². The number of carbonyl (C=O) groups is 1. The Morgan fingerprint density at radius 3 is 2.75 bits per heavy atom. The summed E-state index contributed by atoms with van der Waals surface area (Å²) in [6.07, 6.45) is 0.374. The number of aliphatic hydroxyl groups excluding tert-OH is 1. The molecule has 0 saturated heterocycles. The molecule has 1 aliphatic carbocycles. The van der Waals surface area contributed by atoms with E-state index in [0.717, 1.165) is 12.1 Å². The molecular weight excluding hydrogens is 374 g/mol. The predicted octanol–water partition coefficient (Wildman–Crippen LogP) is 2.73. The fourth-order valence-electron chi connectivity index (χ4n) is 2.98. The van der Waals surface area contributed by atoms with Gasteiger partial charge in [0.1, 0.15) is 17.7 Å². The van der Waals surface area contributed by atoms with Crippen molar-refractivity contribution in [2.45, 2.75) is 37.8 Å². The minimum Gasteiger partial charge on any atom is -0.422 e. The summed E-state index contributed by atoms with van der Waals surface area (Å²) in [5, 5.41) is 23.5.